The lowest BCUT2D eigenvalue weighted by molar-refractivity contribution is 0.117. The van der Waals surface area contributed by atoms with Crippen molar-refractivity contribution in [2.45, 2.75) is 70.1 Å². The van der Waals surface area contributed by atoms with Crippen molar-refractivity contribution in [3.05, 3.63) is 0 Å². The molecule has 98 valence electrons. The third-order valence-corrected chi connectivity index (χ3v) is 4.25. The second-order valence-electron chi connectivity index (χ2n) is 5.60. The first-order valence-electron chi connectivity index (χ1n) is 6.90. The predicted octanol–water partition coefficient (Wildman–Crippen LogP) is 1.78. The summed E-state index contributed by atoms with van der Waals surface area (Å²) in [5.41, 5.74) is 0. The number of carbonyl (C=O) groups is 1. The van der Waals surface area contributed by atoms with Crippen molar-refractivity contribution in [1.29, 1.82) is 0 Å². The Morgan fingerprint density at radius 3 is 2.35 bits per heavy atom. The van der Waals surface area contributed by atoms with Crippen LogP contribution in [0.1, 0.15) is 51.9 Å². The van der Waals surface area contributed by atoms with E-state index in [9.17, 15) is 9.90 Å². The molecule has 4 nitrogen and oxygen atoms in total. The Hall–Kier alpha value is -0.770. The molecule has 2 amide bonds. The summed E-state index contributed by atoms with van der Waals surface area (Å²) in [5, 5.41) is 15.4. The lowest BCUT2D eigenvalue weighted by atomic mass is 9.80. The standard InChI is InChI=1S/C13H24N2O2/c1-9(10-3-2-4-10)14-13(17)15-11-5-7-12(16)8-6-11/h9-12,16H,2-8H2,1H3,(H2,14,15,17). The van der Waals surface area contributed by atoms with Gasteiger partial charge in [-0.2, -0.15) is 0 Å². The lowest BCUT2D eigenvalue weighted by Gasteiger charge is -2.33. The third kappa shape index (κ3) is 3.60. The highest BCUT2D eigenvalue weighted by Crippen LogP contribution is 2.29. The quantitative estimate of drug-likeness (QED) is 0.704. The Bertz CT molecular complexity index is 258. The smallest absolute Gasteiger partial charge is 0.315 e. The Labute approximate surface area is 103 Å². The van der Waals surface area contributed by atoms with Crippen LogP contribution in [0.15, 0.2) is 0 Å². The summed E-state index contributed by atoms with van der Waals surface area (Å²) in [4.78, 5) is 11.8. The molecule has 0 aromatic carbocycles. The second-order valence-corrected chi connectivity index (χ2v) is 5.60. The fraction of sp³-hybridized carbons (Fsp3) is 0.923. The third-order valence-electron chi connectivity index (χ3n) is 4.25. The van der Waals surface area contributed by atoms with Gasteiger partial charge in [0, 0.05) is 12.1 Å². The van der Waals surface area contributed by atoms with E-state index in [4.69, 9.17) is 0 Å². The van der Waals surface area contributed by atoms with E-state index in [0.717, 1.165) is 25.7 Å². The zero-order valence-corrected chi connectivity index (χ0v) is 10.6. The highest BCUT2D eigenvalue weighted by Gasteiger charge is 2.26. The number of carbonyl (C=O) groups excluding carboxylic acids is 1. The van der Waals surface area contributed by atoms with Gasteiger partial charge in [0.15, 0.2) is 0 Å². The molecule has 0 aromatic rings. The highest BCUT2D eigenvalue weighted by atomic mass is 16.3. The van der Waals surface area contributed by atoms with Crippen molar-refractivity contribution in [1.82, 2.24) is 10.6 Å². The van der Waals surface area contributed by atoms with Crippen LogP contribution >= 0.6 is 0 Å². The molecule has 2 rings (SSSR count). The number of aliphatic hydroxyl groups excluding tert-OH is 1. The number of nitrogens with one attached hydrogen (secondary N) is 2. The van der Waals surface area contributed by atoms with Gasteiger partial charge >= 0.3 is 6.03 Å². The summed E-state index contributed by atoms with van der Waals surface area (Å²) in [7, 11) is 0. The van der Waals surface area contributed by atoms with Crippen molar-refractivity contribution >= 4 is 6.03 Å². The zero-order valence-electron chi connectivity index (χ0n) is 10.6. The monoisotopic (exact) mass is 240 g/mol. The molecule has 3 N–H and O–H groups in total. The molecule has 1 atom stereocenters. The lowest BCUT2D eigenvalue weighted by Crippen LogP contribution is -2.49. The van der Waals surface area contributed by atoms with Crippen LogP contribution < -0.4 is 10.6 Å². The van der Waals surface area contributed by atoms with Gasteiger partial charge in [-0.25, -0.2) is 4.79 Å². The van der Waals surface area contributed by atoms with Gasteiger partial charge in [0.1, 0.15) is 0 Å². The van der Waals surface area contributed by atoms with Gasteiger partial charge in [-0.05, 0) is 51.4 Å². The molecule has 2 aliphatic carbocycles. The summed E-state index contributed by atoms with van der Waals surface area (Å²) < 4.78 is 0. The molecular weight excluding hydrogens is 216 g/mol. The number of hydrogen-bond acceptors (Lipinski definition) is 2. The maximum atomic E-state index is 11.8. The van der Waals surface area contributed by atoms with Crippen molar-refractivity contribution in [2.24, 2.45) is 5.92 Å². The van der Waals surface area contributed by atoms with Gasteiger partial charge in [-0.1, -0.05) is 6.42 Å². The molecule has 2 fully saturated rings. The summed E-state index contributed by atoms with van der Waals surface area (Å²) in [6, 6.07) is 0.496. The number of rotatable bonds is 3. The minimum atomic E-state index is -0.162. The summed E-state index contributed by atoms with van der Waals surface area (Å²) in [5.74, 6) is 0.675. The Morgan fingerprint density at radius 1 is 1.18 bits per heavy atom. The van der Waals surface area contributed by atoms with E-state index in [1.54, 1.807) is 0 Å². The van der Waals surface area contributed by atoms with E-state index in [-0.39, 0.29) is 24.2 Å². The first-order valence-corrected chi connectivity index (χ1v) is 6.90. The van der Waals surface area contributed by atoms with Gasteiger partial charge < -0.3 is 15.7 Å². The number of amides is 2. The summed E-state index contributed by atoms with van der Waals surface area (Å²) in [6.07, 6.45) is 7.04. The fourth-order valence-electron chi connectivity index (χ4n) is 2.71. The van der Waals surface area contributed by atoms with Crippen LogP contribution in [0.3, 0.4) is 0 Å². The molecule has 0 saturated heterocycles. The first kappa shape index (κ1) is 12.7. The zero-order chi connectivity index (χ0) is 12.3. The number of urea groups is 1. The molecule has 2 aliphatic rings. The molecule has 1 unspecified atom stereocenters. The molecule has 2 saturated carbocycles. The van der Waals surface area contributed by atoms with Gasteiger partial charge in [-0.15, -0.1) is 0 Å². The predicted molar refractivity (Wildman–Crippen MR) is 66.7 cm³/mol. The van der Waals surface area contributed by atoms with Gasteiger partial charge in [0.05, 0.1) is 6.10 Å². The van der Waals surface area contributed by atoms with Crippen molar-refractivity contribution in [3.8, 4) is 0 Å². The molecule has 0 bridgehead atoms. The topological polar surface area (TPSA) is 61.4 Å². The maximum absolute atomic E-state index is 11.8. The van der Waals surface area contributed by atoms with Gasteiger partial charge in [-0.3, -0.25) is 0 Å². The fourth-order valence-corrected chi connectivity index (χ4v) is 2.71. The molecule has 0 aromatic heterocycles. The maximum Gasteiger partial charge on any atom is 0.315 e. The van der Waals surface area contributed by atoms with Crippen LogP contribution in [0.25, 0.3) is 0 Å². The second kappa shape index (κ2) is 5.71. The average Bonchev–Trinajstić information content (AvgIpc) is 2.18. The Kier molecular flexibility index (Phi) is 4.26. The highest BCUT2D eigenvalue weighted by molar-refractivity contribution is 5.74. The summed E-state index contributed by atoms with van der Waals surface area (Å²) in [6.45, 7) is 2.09. The van der Waals surface area contributed by atoms with Crippen LogP contribution in [0.5, 0.6) is 0 Å². The SMILES string of the molecule is CC(NC(=O)NC1CCC(O)CC1)C1CCC1. The van der Waals surface area contributed by atoms with E-state index in [1.165, 1.54) is 19.3 Å². The minimum absolute atomic E-state index is 0.0363. The molecule has 4 heteroatoms. The minimum Gasteiger partial charge on any atom is -0.393 e. The molecule has 0 radical (unpaired) electrons. The normalized spacial score (nSPS) is 31.4. The largest absolute Gasteiger partial charge is 0.393 e. The molecule has 17 heavy (non-hydrogen) atoms. The van der Waals surface area contributed by atoms with E-state index in [1.807, 2.05) is 0 Å². The summed E-state index contributed by atoms with van der Waals surface area (Å²) >= 11 is 0. The van der Waals surface area contributed by atoms with E-state index in [0.29, 0.717) is 5.92 Å². The van der Waals surface area contributed by atoms with E-state index < -0.39 is 0 Å². The van der Waals surface area contributed by atoms with Crippen LogP contribution in [-0.4, -0.2) is 29.3 Å². The molecule has 0 spiro atoms. The van der Waals surface area contributed by atoms with Crippen molar-refractivity contribution in [3.63, 3.8) is 0 Å². The molecule has 0 heterocycles. The van der Waals surface area contributed by atoms with E-state index in [2.05, 4.69) is 17.6 Å². The van der Waals surface area contributed by atoms with Crippen LogP contribution in [0.4, 0.5) is 4.79 Å². The Morgan fingerprint density at radius 2 is 1.82 bits per heavy atom. The van der Waals surface area contributed by atoms with Crippen molar-refractivity contribution in [2.75, 3.05) is 0 Å². The van der Waals surface area contributed by atoms with Gasteiger partial charge in [0.25, 0.3) is 0 Å². The van der Waals surface area contributed by atoms with Crippen molar-refractivity contribution < 1.29 is 9.90 Å². The van der Waals surface area contributed by atoms with Crippen LogP contribution in [0.2, 0.25) is 0 Å². The van der Waals surface area contributed by atoms with Crippen LogP contribution in [0, 0.1) is 5.92 Å². The Balaban J connectivity index is 1.66. The number of aliphatic hydroxyl groups is 1. The first-order chi connectivity index (χ1) is 8.15. The average molecular weight is 240 g/mol. The number of hydrogen-bond donors (Lipinski definition) is 3. The molecular formula is C13H24N2O2. The van der Waals surface area contributed by atoms with E-state index >= 15 is 0 Å². The van der Waals surface area contributed by atoms with Gasteiger partial charge in [0.2, 0.25) is 0 Å². The van der Waals surface area contributed by atoms with Crippen LogP contribution in [-0.2, 0) is 0 Å². The molecule has 0 aliphatic heterocycles.